The molecule has 11 heteroatoms. The van der Waals surface area contributed by atoms with Gasteiger partial charge in [0.1, 0.15) is 0 Å². The van der Waals surface area contributed by atoms with Gasteiger partial charge in [-0.05, 0) is 80.2 Å². The third kappa shape index (κ3) is 6.18. The fourth-order valence-corrected chi connectivity index (χ4v) is 5.39. The molecule has 4 N–H and O–H groups in total. The summed E-state index contributed by atoms with van der Waals surface area (Å²) in [7, 11) is 1.93. The van der Waals surface area contributed by atoms with Crippen molar-refractivity contribution in [2.24, 2.45) is 0 Å². The number of halogens is 3. The van der Waals surface area contributed by atoms with Crippen LogP contribution in [0.2, 0.25) is 0 Å². The number of hydrogen-bond acceptors (Lipinski definition) is 5. The lowest BCUT2D eigenvalue weighted by atomic mass is 10.1. The largest absolute Gasteiger partial charge is 0.418 e. The molecular weight excluding hydrogens is 569 g/mol. The van der Waals surface area contributed by atoms with Crippen molar-refractivity contribution in [3.63, 3.8) is 0 Å². The topological polar surface area (TPSA) is 92.5 Å². The fourth-order valence-electron chi connectivity index (χ4n) is 5.39. The van der Waals surface area contributed by atoms with Crippen molar-refractivity contribution < 1.29 is 22.8 Å². The number of aromatic amines is 1. The van der Waals surface area contributed by atoms with E-state index in [4.69, 9.17) is 0 Å². The highest BCUT2D eigenvalue weighted by atomic mass is 19.4. The van der Waals surface area contributed by atoms with Crippen LogP contribution in [0.4, 0.5) is 41.6 Å². The number of nitrogens with one attached hydrogen (secondary N) is 4. The van der Waals surface area contributed by atoms with Crippen molar-refractivity contribution >= 4 is 51.9 Å². The van der Waals surface area contributed by atoms with Gasteiger partial charge in [-0.25, -0.2) is 0 Å². The molecule has 1 radical (unpaired) electrons. The molecule has 1 aromatic heterocycles. The zero-order chi connectivity index (χ0) is 31.0. The summed E-state index contributed by atoms with van der Waals surface area (Å²) in [5, 5.41) is 8.84. The Labute approximate surface area is 252 Å². The Kier molecular flexibility index (Phi) is 7.64. The third-order valence-corrected chi connectivity index (χ3v) is 7.68. The number of alkyl halides is 3. The van der Waals surface area contributed by atoms with Gasteiger partial charge in [0.15, 0.2) is 0 Å². The minimum atomic E-state index is -4.61. The van der Waals surface area contributed by atoms with E-state index >= 15 is 0 Å². The van der Waals surface area contributed by atoms with Crippen LogP contribution in [-0.4, -0.2) is 54.9 Å². The average molecular weight is 600 g/mol. The summed E-state index contributed by atoms with van der Waals surface area (Å²) in [4.78, 5) is 32.5. The smallest absolute Gasteiger partial charge is 0.368 e. The summed E-state index contributed by atoms with van der Waals surface area (Å²) in [6.07, 6.45) is -1.08. The van der Waals surface area contributed by atoms with Gasteiger partial charge in [-0.1, -0.05) is 12.1 Å². The summed E-state index contributed by atoms with van der Waals surface area (Å²) in [5.74, 6) is -0.863. The lowest BCUT2D eigenvalue weighted by Gasteiger charge is -2.35. The molecule has 0 atom stereocenters. The molecule has 0 spiro atoms. The second kappa shape index (κ2) is 11.6. The number of likely N-dealkylation sites (N-methyl/N-ethyl adjacent to an activating group) is 1. The molecule has 3 heterocycles. The van der Waals surface area contributed by atoms with Crippen LogP contribution in [0.5, 0.6) is 0 Å². The summed E-state index contributed by atoms with van der Waals surface area (Å²) in [6.45, 7) is 6.14. The minimum absolute atomic E-state index is 0.0817. The second-order valence-corrected chi connectivity index (χ2v) is 10.9. The van der Waals surface area contributed by atoms with Gasteiger partial charge in [-0.15, -0.1) is 0 Å². The van der Waals surface area contributed by atoms with Gasteiger partial charge in [0.05, 0.1) is 16.8 Å². The number of carbonyl (C=O) groups is 2. The first-order valence-electron chi connectivity index (χ1n) is 14.0. The number of carbonyl (C=O) groups excluding carboxylic acids is 2. The Bertz CT molecular complexity index is 1770. The molecule has 6 rings (SSSR count). The number of piperazine rings is 1. The minimum Gasteiger partial charge on any atom is -0.368 e. The van der Waals surface area contributed by atoms with Gasteiger partial charge < -0.3 is 30.7 Å². The van der Waals surface area contributed by atoms with E-state index in [-0.39, 0.29) is 17.2 Å². The molecule has 225 valence electrons. The molecular formula is C33H30F3N6O2. The molecule has 4 aromatic rings. The standard InChI is InChI=1S/C33H30F3N6O2/c1-20-14-25(37-19-20)17-27-26-8-7-24(18-29(26)40-32(27)44)38-22-4-3-5-23(16-22)39-31(43)21-6-9-30(28(15-21)33(34,35)36)42-12-10-41(2)11-13-42/h3-9,14-19,37-38H,1,10-13H2,2H3,(H,39,43)(H,40,44). The average Bonchev–Trinajstić information content (AvgIpc) is 3.54. The maximum absolute atomic E-state index is 14.0. The van der Waals surface area contributed by atoms with Crippen LogP contribution >= 0.6 is 0 Å². The maximum Gasteiger partial charge on any atom is 0.418 e. The fraction of sp³-hybridized carbons (Fsp3) is 0.182. The van der Waals surface area contributed by atoms with Crippen LogP contribution in [-0.2, 0) is 11.0 Å². The van der Waals surface area contributed by atoms with Crippen molar-refractivity contribution in [3.8, 4) is 0 Å². The van der Waals surface area contributed by atoms with E-state index in [9.17, 15) is 22.8 Å². The number of aromatic nitrogens is 1. The van der Waals surface area contributed by atoms with E-state index in [1.807, 2.05) is 25.2 Å². The first-order chi connectivity index (χ1) is 21.0. The normalized spacial score (nSPS) is 16.2. The van der Waals surface area contributed by atoms with Crippen molar-refractivity contribution in [1.29, 1.82) is 0 Å². The van der Waals surface area contributed by atoms with Crippen molar-refractivity contribution in [2.75, 3.05) is 54.1 Å². The SMILES string of the molecule is [CH2]c1c[nH]c(C=C2C(=O)Nc3cc(Nc4cccc(NC(=O)c5ccc(N6CCN(C)CC6)c(C(F)(F)F)c5)c4)ccc32)c1. The molecule has 1 saturated heterocycles. The van der Waals surface area contributed by atoms with Gasteiger partial charge in [0.2, 0.25) is 0 Å². The van der Waals surface area contributed by atoms with Crippen molar-refractivity contribution in [3.05, 3.63) is 108 Å². The number of amides is 2. The Hall–Kier alpha value is -5.03. The Balaban J connectivity index is 1.17. The zero-order valence-electron chi connectivity index (χ0n) is 23.9. The molecule has 0 unspecified atom stereocenters. The highest BCUT2D eigenvalue weighted by Gasteiger charge is 2.36. The Morgan fingerprint density at radius 2 is 1.70 bits per heavy atom. The van der Waals surface area contributed by atoms with Crippen LogP contribution in [0, 0.1) is 6.92 Å². The number of H-pyrrole nitrogens is 1. The van der Waals surface area contributed by atoms with Gasteiger partial charge in [0.25, 0.3) is 11.8 Å². The van der Waals surface area contributed by atoms with Crippen molar-refractivity contribution in [2.45, 2.75) is 6.18 Å². The van der Waals surface area contributed by atoms with Gasteiger partial charge in [0, 0.05) is 71.9 Å². The molecule has 0 aliphatic carbocycles. The summed E-state index contributed by atoms with van der Waals surface area (Å²) >= 11 is 0. The van der Waals surface area contributed by atoms with E-state index < -0.39 is 17.6 Å². The lowest BCUT2D eigenvalue weighted by Crippen LogP contribution is -2.45. The van der Waals surface area contributed by atoms with E-state index in [2.05, 4.69) is 32.8 Å². The van der Waals surface area contributed by atoms with Gasteiger partial charge in [-0.3, -0.25) is 9.59 Å². The highest BCUT2D eigenvalue weighted by molar-refractivity contribution is 6.35. The number of nitrogens with zero attached hydrogens (tertiary/aromatic N) is 2. The first-order valence-corrected chi connectivity index (χ1v) is 14.0. The monoisotopic (exact) mass is 599 g/mol. The number of fused-ring (bicyclic) bond motifs is 1. The second-order valence-electron chi connectivity index (χ2n) is 10.9. The molecule has 3 aromatic carbocycles. The molecule has 0 saturated carbocycles. The molecule has 2 aliphatic rings. The maximum atomic E-state index is 14.0. The van der Waals surface area contributed by atoms with Gasteiger partial charge in [-0.2, -0.15) is 13.2 Å². The van der Waals surface area contributed by atoms with Crippen molar-refractivity contribution in [1.82, 2.24) is 9.88 Å². The van der Waals surface area contributed by atoms with Crippen LogP contribution in [0.25, 0.3) is 11.6 Å². The van der Waals surface area contributed by atoms with Crippen LogP contribution in [0.15, 0.2) is 72.9 Å². The van der Waals surface area contributed by atoms with E-state index in [1.54, 1.807) is 47.5 Å². The zero-order valence-corrected chi connectivity index (χ0v) is 23.9. The predicted molar refractivity (Wildman–Crippen MR) is 167 cm³/mol. The Morgan fingerprint density at radius 1 is 0.955 bits per heavy atom. The molecule has 2 amide bonds. The summed E-state index contributed by atoms with van der Waals surface area (Å²) < 4.78 is 42.1. The third-order valence-electron chi connectivity index (χ3n) is 7.68. The molecule has 2 aliphatic heterocycles. The summed E-state index contributed by atoms with van der Waals surface area (Å²) in [5.41, 5.74) is 4.45. The number of benzene rings is 3. The van der Waals surface area contributed by atoms with Crippen LogP contribution in [0.3, 0.4) is 0 Å². The molecule has 44 heavy (non-hydrogen) atoms. The van der Waals surface area contributed by atoms with Gasteiger partial charge >= 0.3 is 6.18 Å². The quantitative estimate of drug-likeness (QED) is 0.191. The van der Waals surface area contributed by atoms with E-state index in [0.717, 1.165) is 22.9 Å². The number of rotatable bonds is 6. The predicted octanol–water partition coefficient (Wildman–Crippen LogP) is 6.46. The van der Waals surface area contributed by atoms with E-state index in [0.29, 0.717) is 54.5 Å². The van der Waals surface area contributed by atoms with Crippen LogP contribution in [0.1, 0.15) is 32.7 Å². The van der Waals surface area contributed by atoms with E-state index in [1.165, 1.54) is 12.1 Å². The molecule has 0 bridgehead atoms. The lowest BCUT2D eigenvalue weighted by molar-refractivity contribution is -0.137. The van der Waals surface area contributed by atoms with Crippen LogP contribution < -0.4 is 20.9 Å². The Morgan fingerprint density at radius 3 is 2.43 bits per heavy atom. The molecule has 8 nitrogen and oxygen atoms in total. The number of hydrogen-bond donors (Lipinski definition) is 4. The molecule has 1 fully saturated rings. The highest BCUT2D eigenvalue weighted by Crippen LogP contribution is 2.38. The first kappa shape index (κ1) is 29.1. The summed E-state index contributed by atoms with van der Waals surface area (Å²) in [6, 6.07) is 17.9. The number of anilines is 5.